The molecule has 2 aromatic rings. The first-order valence-corrected chi connectivity index (χ1v) is 6.57. The molecule has 2 rings (SSSR count). The van der Waals surface area contributed by atoms with Crippen molar-refractivity contribution in [1.82, 2.24) is 0 Å². The van der Waals surface area contributed by atoms with Crippen LogP contribution in [0.2, 0.25) is 5.02 Å². The Morgan fingerprint density at radius 1 is 1.10 bits per heavy atom. The SMILES string of the molecule is NC(=S)c1ccc(Cl)c(NC(=O)Nc2ccccc2)c1. The molecule has 0 fully saturated rings. The number of amides is 2. The molecular formula is C14H12ClN3OS. The van der Waals surface area contributed by atoms with Crippen LogP contribution in [-0.4, -0.2) is 11.0 Å². The Morgan fingerprint density at radius 3 is 2.45 bits per heavy atom. The number of carbonyl (C=O) groups excluding carboxylic acids is 1. The van der Waals surface area contributed by atoms with Gasteiger partial charge in [0, 0.05) is 11.3 Å². The van der Waals surface area contributed by atoms with Gasteiger partial charge in [-0.3, -0.25) is 0 Å². The summed E-state index contributed by atoms with van der Waals surface area (Å²) in [5, 5.41) is 5.76. The maximum absolute atomic E-state index is 11.9. The van der Waals surface area contributed by atoms with E-state index < -0.39 is 6.03 Å². The zero-order chi connectivity index (χ0) is 14.5. The molecule has 2 aromatic carbocycles. The number of anilines is 2. The summed E-state index contributed by atoms with van der Waals surface area (Å²) in [6, 6.07) is 13.7. The number of para-hydroxylation sites is 1. The molecule has 0 aromatic heterocycles. The van der Waals surface area contributed by atoms with E-state index in [0.29, 0.717) is 22.0 Å². The zero-order valence-corrected chi connectivity index (χ0v) is 12.0. The minimum absolute atomic E-state index is 0.244. The Kier molecular flexibility index (Phi) is 4.55. The number of hydrogen-bond acceptors (Lipinski definition) is 2. The monoisotopic (exact) mass is 305 g/mol. The van der Waals surface area contributed by atoms with Gasteiger partial charge in [-0.2, -0.15) is 0 Å². The fourth-order valence-corrected chi connectivity index (χ4v) is 1.87. The van der Waals surface area contributed by atoms with Crippen LogP contribution >= 0.6 is 23.8 Å². The maximum atomic E-state index is 11.9. The van der Waals surface area contributed by atoms with E-state index in [9.17, 15) is 4.79 Å². The second-order valence-electron chi connectivity index (χ2n) is 4.00. The number of rotatable bonds is 3. The van der Waals surface area contributed by atoms with Gasteiger partial charge in [-0.05, 0) is 24.3 Å². The van der Waals surface area contributed by atoms with Gasteiger partial charge in [-0.25, -0.2) is 4.79 Å². The van der Waals surface area contributed by atoms with Crippen LogP contribution in [-0.2, 0) is 0 Å². The average Bonchev–Trinajstić information content (AvgIpc) is 2.42. The standard InChI is InChI=1S/C14H12ClN3OS/c15-11-7-6-9(13(16)20)8-12(11)18-14(19)17-10-4-2-1-3-5-10/h1-8H,(H2,16,20)(H2,17,18,19). The van der Waals surface area contributed by atoms with Crippen LogP contribution in [0.4, 0.5) is 16.2 Å². The van der Waals surface area contributed by atoms with Gasteiger partial charge >= 0.3 is 6.03 Å². The van der Waals surface area contributed by atoms with Gasteiger partial charge in [0.25, 0.3) is 0 Å². The van der Waals surface area contributed by atoms with Crippen molar-refractivity contribution in [2.45, 2.75) is 0 Å². The summed E-state index contributed by atoms with van der Waals surface area (Å²) in [6.45, 7) is 0. The minimum atomic E-state index is -0.391. The molecular weight excluding hydrogens is 294 g/mol. The highest BCUT2D eigenvalue weighted by Gasteiger charge is 2.08. The third-order valence-electron chi connectivity index (χ3n) is 2.53. The van der Waals surface area contributed by atoms with E-state index in [2.05, 4.69) is 10.6 Å². The van der Waals surface area contributed by atoms with Gasteiger partial charge in [0.15, 0.2) is 0 Å². The van der Waals surface area contributed by atoms with E-state index >= 15 is 0 Å². The highest BCUT2D eigenvalue weighted by Crippen LogP contribution is 2.23. The summed E-state index contributed by atoms with van der Waals surface area (Å²) >= 11 is 10.9. The number of urea groups is 1. The van der Waals surface area contributed by atoms with Crippen molar-refractivity contribution in [2.75, 3.05) is 10.6 Å². The zero-order valence-electron chi connectivity index (χ0n) is 10.4. The average molecular weight is 306 g/mol. The van der Waals surface area contributed by atoms with E-state index in [0.717, 1.165) is 0 Å². The van der Waals surface area contributed by atoms with Crippen molar-refractivity contribution in [3.8, 4) is 0 Å². The molecule has 6 heteroatoms. The lowest BCUT2D eigenvalue weighted by atomic mass is 10.2. The fourth-order valence-electron chi connectivity index (χ4n) is 1.58. The first-order chi connectivity index (χ1) is 9.56. The van der Waals surface area contributed by atoms with E-state index in [4.69, 9.17) is 29.6 Å². The van der Waals surface area contributed by atoms with Crippen molar-refractivity contribution >= 4 is 46.2 Å². The molecule has 102 valence electrons. The van der Waals surface area contributed by atoms with Gasteiger partial charge in [0.05, 0.1) is 10.7 Å². The van der Waals surface area contributed by atoms with Crippen LogP contribution in [0.25, 0.3) is 0 Å². The Morgan fingerprint density at radius 2 is 1.80 bits per heavy atom. The number of hydrogen-bond donors (Lipinski definition) is 3. The quantitative estimate of drug-likeness (QED) is 0.759. The first kappa shape index (κ1) is 14.3. The summed E-state index contributed by atoms with van der Waals surface area (Å²) in [5.74, 6) is 0. The number of benzene rings is 2. The fraction of sp³-hybridized carbons (Fsp3) is 0. The molecule has 0 saturated carbocycles. The lowest BCUT2D eigenvalue weighted by Gasteiger charge is -2.10. The largest absolute Gasteiger partial charge is 0.389 e. The third-order valence-corrected chi connectivity index (χ3v) is 3.10. The van der Waals surface area contributed by atoms with Gasteiger partial charge in [-0.15, -0.1) is 0 Å². The Balaban J connectivity index is 2.11. The molecule has 0 aliphatic rings. The summed E-state index contributed by atoms with van der Waals surface area (Å²) in [4.78, 5) is 12.1. The second kappa shape index (κ2) is 6.36. The lowest BCUT2D eigenvalue weighted by molar-refractivity contribution is 0.262. The summed E-state index contributed by atoms with van der Waals surface area (Å²) in [7, 11) is 0. The van der Waals surface area contributed by atoms with Crippen molar-refractivity contribution in [2.24, 2.45) is 5.73 Å². The molecule has 4 N–H and O–H groups in total. The lowest BCUT2D eigenvalue weighted by Crippen LogP contribution is -2.20. The first-order valence-electron chi connectivity index (χ1n) is 5.78. The van der Waals surface area contributed by atoms with Gasteiger partial charge in [-0.1, -0.05) is 48.1 Å². The van der Waals surface area contributed by atoms with Crippen molar-refractivity contribution in [1.29, 1.82) is 0 Å². The maximum Gasteiger partial charge on any atom is 0.323 e. The van der Waals surface area contributed by atoms with Crippen LogP contribution in [0.15, 0.2) is 48.5 Å². The predicted octanol–water partition coefficient (Wildman–Crippen LogP) is 3.62. The predicted molar refractivity (Wildman–Crippen MR) is 86.4 cm³/mol. The summed E-state index contributed by atoms with van der Waals surface area (Å²) in [6.07, 6.45) is 0. The third kappa shape index (κ3) is 3.69. The highest BCUT2D eigenvalue weighted by molar-refractivity contribution is 7.80. The molecule has 0 heterocycles. The Labute approximate surface area is 126 Å². The molecule has 20 heavy (non-hydrogen) atoms. The van der Waals surface area contributed by atoms with Crippen LogP contribution < -0.4 is 16.4 Å². The Hall–Kier alpha value is -2.11. The molecule has 0 aliphatic carbocycles. The normalized spacial score (nSPS) is 9.85. The van der Waals surface area contributed by atoms with Crippen LogP contribution in [0.5, 0.6) is 0 Å². The van der Waals surface area contributed by atoms with E-state index in [-0.39, 0.29) is 4.99 Å². The van der Waals surface area contributed by atoms with E-state index in [1.165, 1.54) is 0 Å². The molecule has 4 nitrogen and oxygen atoms in total. The molecule has 0 atom stereocenters. The molecule has 2 amide bonds. The smallest absolute Gasteiger partial charge is 0.323 e. The van der Waals surface area contributed by atoms with Gasteiger partial charge < -0.3 is 16.4 Å². The molecule has 0 saturated heterocycles. The molecule has 0 unspecified atom stereocenters. The number of thiocarbonyl (C=S) groups is 1. The van der Waals surface area contributed by atoms with Gasteiger partial charge in [0.1, 0.15) is 4.99 Å². The van der Waals surface area contributed by atoms with Crippen LogP contribution in [0, 0.1) is 0 Å². The molecule has 0 aliphatic heterocycles. The number of halogens is 1. The van der Waals surface area contributed by atoms with E-state index in [1.807, 2.05) is 18.2 Å². The minimum Gasteiger partial charge on any atom is -0.389 e. The molecule has 0 spiro atoms. The topological polar surface area (TPSA) is 67.1 Å². The highest BCUT2D eigenvalue weighted by atomic mass is 35.5. The van der Waals surface area contributed by atoms with Crippen LogP contribution in [0.3, 0.4) is 0 Å². The Bertz CT molecular complexity index is 646. The summed E-state index contributed by atoms with van der Waals surface area (Å²) < 4.78 is 0. The van der Waals surface area contributed by atoms with Crippen molar-refractivity contribution in [3.63, 3.8) is 0 Å². The van der Waals surface area contributed by atoms with Gasteiger partial charge in [0.2, 0.25) is 0 Å². The molecule has 0 bridgehead atoms. The second-order valence-corrected chi connectivity index (χ2v) is 4.85. The number of nitrogens with two attached hydrogens (primary N) is 1. The van der Waals surface area contributed by atoms with Crippen molar-refractivity contribution in [3.05, 3.63) is 59.1 Å². The summed E-state index contributed by atoms with van der Waals surface area (Å²) in [5.41, 5.74) is 7.32. The van der Waals surface area contributed by atoms with E-state index in [1.54, 1.807) is 30.3 Å². The van der Waals surface area contributed by atoms with Crippen LogP contribution in [0.1, 0.15) is 5.56 Å². The van der Waals surface area contributed by atoms with Crippen molar-refractivity contribution < 1.29 is 4.79 Å². The number of carbonyl (C=O) groups is 1. The molecule has 0 radical (unpaired) electrons. The number of nitrogens with one attached hydrogen (secondary N) is 2.